The Morgan fingerprint density at radius 3 is 3.00 bits per heavy atom. The number of rotatable bonds is 2. The number of nitrogens with one attached hydrogen (secondary N) is 2. The standard InChI is InChI=1S/C13H12Cl2N4OS/c14-8-3-7(11(15)16-4-8)5-19-2-1-10-9(6-19)12(20)18-13(21)17-10/h3-4H,1-2,5-6H2,(H2,17,18,20,21). The minimum Gasteiger partial charge on any atom is -0.335 e. The van der Waals surface area contributed by atoms with E-state index in [0.717, 1.165) is 29.8 Å². The molecule has 1 aliphatic heterocycles. The molecule has 1 aliphatic rings. The third-order valence-electron chi connectivity index (χ3n) is 3.46. The molecule has 0 fully saturated rings. The van der Waals surface area contributed by atoms with E-state index in [1.807, 2.05) is 0 Å². The molecular weight excluding hydrogens is 331 g/mol. The second-order valence-corrected chi connectivity index (χ2v) is 6.13. The Morgan fingerprint density at radius 1 is 1.38 bits per heavy atom. The maximum absolute atomic E-state index is 12.0. The molecule has 0 saturated heterocycles. The van der Waals surface area contributed by atoms with Gasteiger partial charge in [0, 0.05) is 43.5 Å². The fraction of sp³-hybridized carbons (Fsp3) is 0.308. The van der Waals surface area contributed by atoms with E-state index in [4.69, 9.17) is 35.4 Å². The van der Waals surface area contributed by atoms with Crippen LogP contribution in [0.4, 0.5) is 0 Å². The summed E-state index contributed by atoms with van der Waals surface area (Å²) in [6.45, 7) is 1.95. The van der Waals surface area contributed by atoms with Crippen LogP contribution in [-0.4, -0.2) is 26.4 Å². The molecular formula is C13H12Cl2N4OS. The molecule has 0 spiro atoms. The second kappa shape index (κ2) is 5.88. The van der Waals surface area contributed by atoms with Gasteiger partial charge in [0.05, 0.1) is 10.6 Å². The summed E-state index contributed by atoms with van der Waals surface area (Å²) in [5, 5.41) is 0.986. The van der Waals surface area contributed by atoms with Gasteiger partial charge in [0.2, 0.25) is 0 Å². The second-order valence-electron chi connectivity index (χ2n) is 4.93. The number of nitrogens with zero attached hydrogens (tertiary/aromatic N) is 2. The summed E-state index contributed by atoms with van der Waals surface area (Å²) in [7, 11) is 0. The third kappa shape index (κ3) is 3.18. The van der Waals surface area contributed by atoms with Crippen molar-refractivity contribution >= 4 is 35.4 Å². The molecule has 0 unspecified atom stereocenters. The molecule has 110 valence electrons. The average Bonchev–Trinajstić information content (AvgIpc) is 2.43. The van der Waals surface area contributed by atoms with E-state index in [2.05, 4.69) is 19.9 Å². The number of hydrogen-bond donors (Lipinski definition) is 2. The van der Waals surface area contributed by atoms with Crippen molar-refractivity contribution < 1.29 is 0 Å². The van der Waals surface area contributed by atoms with E-state index >= 15 is 0 Å². The highest BCUT2D eigenvalue weighted by Crippen LogP contribution is 2.22. The van der Waals surface area contributed by atoms with Gasteiger partial charge in [-0.25, -0.2) is 4.98 Å². The van der Waals surface area contributed by atoms with Crippen LogP contribution in [0.25, 0.3) is 0 Å². The molecule has 8 heteroatoms. The van der Waals surface area contributed by atoms with Crippen LogP contribution < -0.4 is 5.56 Å². The maximum atomic E-state index is 12.0. The minimum atomic E-state index is -0.131. The van der Waals surface area contributed by atoms with Gasteiger partial charge in [-0.15, -0.1) is 0 Å². The zero-order valence-corrected chi connectivity index (χ0v) is 13.3. The quantitative estimate of drug-likeness (QED) is 0.650. The lowest BCUT2D eigenvalue weighted by atomic mass is 10.1. The van der Waals surface area contributed by atoms with Crippen molar-refractivity contribution in [2.75, 3.05) is 6.54 Å². The zero-order chi connectivity index (χ0) is 15.0. The normalized spacial score (nSPS) is 15.0. The Hall–Kier alpha value is -1.21. The van der Waals surface area contributed by atoms with E-state index in [-0.39, 0.29) is 5.56 Å². The molecule has 0 bridgehead atoms. The molecule has 0 aromatic carbocycles. The molecule has 2 aromatic heterocycles. The van der Waals surface area contributed by atoms with Crippen LogP contribution in [0.5, 0.6) is 0 Å². The Balaban J connectivity index is 1.85. The molecule has 21 heavy (non-hydrogen) atoms. The molecule has 5 nitrogen and oxygen atoms in total. The average molecular weight is 343 g/mol. The van der Waals surface area contributed by atoms with Crippen molar-refractivity contribution in [3.8, 4) is 0 Å². The van der Waals surface area contributed by atoms with Crippen LogP contribution in [0.15, 0.2) is 17.1 Å². The molecule has 3 rings (SSSR count). The summed E-state index contributed by atoms with van der Waals surface area (Å²) < 4.78 is 0.370. The summed E-state index contributed by atoms with van der Waals surface area (Å²) in [5.41, 5.74) is 2.36. The van der Waals surface area contributed by atoms with E-state index in [0.29, 0.717) is 28.0 Å². The lowest BCUT2D eigenvalue weighted by Crippen LogP contribution is -2.35. The fourth-order valence-corrected chi connectivity index (χ4v) is 3.02. The molecule has 0 aliphatic carbocycles. The SMILES string of the molecule is O=c1[nH]c(=S)[nH]c2c1CN(Cc1cc(Cl)cnc1Cl)CC2. The van der Waals surface area contributed by atoms with Crippen molar-refractivity contribution in [3.05, 3.63) is 54.4 Å². The fourth-order valence-electron chi connectivity index (χ4n) is 2.46. The first kappa shape index (κ1) is 14.7. The Bertz CT molecular complexity index is 801. The molecule has 0 radical (unpaired) electrons. The van der Waals surface area contributed by atoms with Gasteiger partial charge in [-0.2, -0.15) is 0 Å². The van der Waals surface area contributed by atoms with Gasteiger partial charge in [0.25, 0.3) is 5.56 Å². The first-order chi connectivity index (χ1) is 10.0. The number of aromatic nitrogens is 3. The number of H-pyrrole nitrogens is 2. The van der Waals surface area contributed by atoms with Crippen LogP contribution in [-0.2, 0) is 19.5 Å². The Morgan fingerprint density at radius 2 is 2.19 bits per heavy atom. The molecule has 3 heterocycles. The first-order valence-corrected chi connectivity index (χ1v) is 7.56. The van der Waals surface area contributed by atoms with E-state index in [1.165, 1.54) is 6.20 Å². The third-order valence-corrected chi connectivity index (χ3v) is 4.21. The van der Waals surface area contributed by atoms with Crippen molar-refractivity contribution in [2.45, 2.75) is 19.5 Å². The van der Waals surface area contributed by atoms with Crippen LogP contribution >= 0.6 is 35.4 Å². The highest BCUT2D eigenvalue weighted by atomic mass is 35.5. The van der Waals surface area contributed by atoms with Crippen LogP contribution in [0.2, 0.25) is 10.2 Å². The van der Waals surface area contributed by atoms with Gasteiger partial charge in [0.15, 0.2) is 4.77 Å². The summed E-state index contributed by atoms with van der Waals surface area (Å²) in [6.07, 6.45) is 2.26. The zero-order valence-electron chi connectivity index (χ0n) is 10.9. The topological polar surface area (TPSA) is 64.8 Å². The molecule has 2 aromatic rings. The summed E-state index contributed by atoms with van der Waals surface area (Å²) in [6, 6.07) is 1.80. The largest absolute Gasteiger partial charge is 0.335 e. The van der Waals surface area contributed by atoms with Gasteiger partial charge >= 0.3 is 0 Å². The van der Waals surface area contributed by atoms with Gasteiger partial charge < -0.3 is 4.98 Å². The van der Waals surface area contributed by atoms with Crippen LogP contribution in [0.1, 0.15) is 16.8 Å². The number of hydrogen-bond acceptors (Lipinski definition) is 4. The van der Waals surface area contributed by atoms with Gasteiger partial charge in [0.1, 0.15) is 5.15 Å². The number of aromatic amines is 2. The Kier molecular flexibility index (Phi) is 4.12. The monoisotopic (exact) mass is 342 g/mol. The predicted molar refractivity (Wildman–Crippen MR) is 84.3 cm³/mol. The smallest absolute Gasteiger partial charge is 0.256 e. The van der Waals surface area contributed by atoms with Crippen LogP contribution in [0, 0.1) is 4.77 Å². The van der Waals surface area contributed by atoms with Crippen molar-refractivity contribution in [2.24, 2.45) is 0 Å². The summed E-state index contributed by atoms with van der Waals surface area (Å²) in [5.74, 6) is 0. The van der Waals surface area contributed by atoms with Gasteiger partial charge in [-0.3, -0.25) is 14.7 Å². The minimum absolute atomic E-state index is 0.131. The number of halogens is 2. The highest BCUT2D eigenvalue weighted by Gasteiger charge is 2.20. The van der Waals surface area contributed by atoms with E-state index in [1.54, 1.807) is 6.07 Å². The van der Waals surface area contributed by atoms with E-state index in [9.17, 15) is 4.79 Å². The van der Waals surface area contributed by atoms with Crippen molar-refractivity contribution in [1.82, 2.24) is 19.9 Å². The van der Waals surface area contributed by atoms with Crippen LogP contribution in [0.3, 0.4) is 0 Å². The van der Waals surface area contributed by atoms with Crippen molar-refractivity contribution in [3.63, 3.8) is 0 Å². The summed E-state index contributed by atoms with van der Waals surface area (Å²) in [4.78, 5) is 23.8. The molecule has 2 N–H and O–H groups in total. The predicted octanol–water partition coefficient (Wildman–Crippen LogP) is 2.69. The van der Waals surface area contributed by atoms with Gasteiger partial charge in [-0.1, -0.05) is 23.2 Å². The highest BCUT2D eigenvalue weighted by molar-refractivity contribution is 7.71. The maximum Gasteiger partial charge on any atom is 0.256 e. The Labute approximate surface area is 135 Å². The molecule has 0 amide bonds. The van der Waals surface area contributed by atoms with Gasteiger partial charge in [-0.05, 0) is 18.3 Å². The van der Waals surface area contributed by atoms with Crippen molar-refractivity contribution in [1.29, 1.82) is 0 Å². The first-order valence-electron chi connectivity index (χ1n) is 6.39. The number of pyridine rings is 1. The van der Waals surface area contributed by atoms with E-state index < -0.39 is 0 Å². The molecule has 0 atom stereocenters. The lowest BCUT2D eigenvalue weighted by molar-refractivity contribution is 0.241. The molecule has 0 saturated carbocycles. The summed E-state index contributed by atoms with van der Waals surface area (Å²) >= 11 is 17.0. The number of fused-ring (bicyclic) bond motifs is 1. The lowest BCUT2D eigenvalue weighted by Gasteiger charge is -2.27.